The van der Waals surface area contributed by atoms with Gasteiger partial charge in [-0.05, 0) is 43.7 Å². The van der Waals surface area contributed by atoms with E-state index >= 15 is 0 Å². The number of piperidine rings is 1. The van der Waals surface area contributed by atoms with Gasteiger partial charge in [0.1, 0.15) is 5.75 Å². The number of nitrogens with zero attached hydrogens (tertiary/aromatic N) is 1. The Kier molecular flexibility index (Phi) is 6.14. The number of benzene rings is 1. The third-order valence-corrected chi connectivity index (χ3v) is 5.74. The Labute approximate surface area is 155 Å². The molecule has 1 aliphatic heterocycles. The molecule has 2 atom stereocenters. The molecule has 1 aromatic rings. The predicted molar refractivity (Wildman–Crippen MR) is 101 cm³/mol. The normalized spacial score (nSPS) is 23.7. The van der Waals surface area contributed by atoms with Gasteiger partial charge >= 0.3 is 0 Å². The molecule has 2 fully saturated rings. The van der Waals surface area contributed by atoms with Gasteiger partial charge in [-0.25, -0.2) is 0 Å². The number of hydrogen-bond donors (Lipinski definition) is 2. The number of ether oxygens (including phenoxy) is 1. The molecule has 6 heteroatoms. The van der Waals surface area contributed by atoms with Crippen LogP contribution in [0.15, 0.2) is 24.3 Å². The number of methoxy groups -OCH3 is 1. The minimum Gasteiger partial charge on any atom is -0.495 e. The number of nitrogens with two attached hydrogens (primary N) is 1. The maximum atomic E-state index is 12.5. The first kappa shape index (κ1) is 18.7. The summed E-state index contributed by atoms with van der Waals surface area (Å²) in [5.74, 6) is 1.10. The number of para-hydroxylation sites is 2. The number of nitrogens with one attached hydrogen (secondary N) is 1. The predicted octanol–water partition coefficient (Wildman–Crippen LogP) is 2.39. The Morgan fingerprint density at radius 1 is 1.19 bits per heavy atom. The molecule has 2 amide bonds. The van der Waals surface area contributed by atoms with E-state index in [1.54, 1.807) is 7.11 Å². The Bertz CT molecular complexity index is 641. The van der Waals surface area contributed by atoms with Crippen LogP contribution in [0.5, 0.6) is 5.75 Å². The van der Waals surface area contributed by atoms with Crippen LogP contribution in [0.3, 0.4) is 0 Å². The molecule has 142 valence electrons. The molecular formula is C20H29N3O3. The summed E-state index contributed by atoms with van der Waals surface area (Å²) >= 11 is 0. The van der Waals surface area contributed by atoms with E-state index in [0.29, 0.717) is 49.7 Å². The van der Waals surface area contributed by atoms with Gasteiger partial charge in [0.15, 0.2) is 0 Å². The lowest BCUT2D eigenvalue weighted by atomic mass is 9.94. The summed E-state index contributed by atoms with van der Waals surface area (Å²) in [6, 6.07) is 7.57. The summed E-state index contributed by atoms with van der Waals surface area (Å²) in [5.41, 5.74) is 6.77. The lowest BCUT2D eigenvalue weighted by Crippen LogP contribution is -2.42. The van der Waals surface area contributed by atoms with Crippen molar-refractivity contribution in [2.24, 2.45) is 17.6 Å². The van der Waals surface area contributed by atoms with Crippen LogP contribution in [0.2, 0.25) is 0 Å². The van der Waals surface area contributed by atoms with E-state index in [1.807, 2.05) is 29.2 Å². The maximum absolute atomic E-state index is 12.5. The largest absolute Gasteiger partial charge is 0.495 e. The van der Waals surface area contributed by atoms with Crippen LogP contribution in [-0.2, 0) is 9.59 Å². The molecule has 0 bridgehead atoms. The van der Waals surface area contributed by atoms with Gasteiger partial charge in [0.05, 0.1) is 12.8 Å². The summed E-state index contributed by atoms with van der Waals surface area (Å²) in [6.45, 7) is 1.29. The highest BCUT2D eigenvalue weighted by Gasteiger charge is 2.31. The number of hydrogen-bond acceptors (Lipinski definition) is 4. The molecule has 0 radical (unpaired) electrons. The van der Waals surface area contributed by atoms with Gasteiger partial charge in [0, 0.05) is 31.5 Å². The van der Waals surface area contributed by atoms with Crippen LogP contribution in [0.25, 0.3) is 0 Å². The van der Waals surface area contributed by atoms with Crippen molar-refractivity contribution in [3.05, 3.63) is 24.3 Å². The van der Waals surface area contributed by atoms with Gasteiger partial charge in [0.25, 0.3) is 0 Å². The van der Waals surface area contributed by atoms with Crippen molar-refractivity contribution in [3.63, 3.8) is 0 Å². The summed E-state index contributed by atoms with van der Waals surface area (Å²) in [6.07, 6.45) is 5.17. The second-order valence-electron chi connectivity index (χ2n) is 7.40. The van der Waals surface area contributed by atoms with Crippen molar-refractivity contribution in [1.29, 1.82) is 0 Å². The van der Waals surface area contributed by atoms with E-state index in [4.69, 9.17) is 10.5 Å². The van der Waals surface area contributed by atoms with Crippen molar-refractivity contribution < 1.29 is 14.3 Å². The minimum atomic E-state index is -0.0716. The SMILES string of the molecule is COc1ccccc1NC(=O)C1CCN(C(=O)C[C@@H]2CCC[C@H]2N)CC1. The fraction of sp³-hybridized carbons (Fsp3) is 0.600. The number of carbonyl (C=O) groups is 2. The minimum absolute atomic E-state index is 0.000542. The van der Waals surface area contributed by atoms with E-state index in [2.05, 4.69) is 5.32 Å². The second-order valence-corrected chi connectivity index (χ2v) is 7.40. The number of rotatable bonds is 5. The first-order chi connectivity index (χ1) is 12.6. The number of anilines is 1. The average molecular weight is 359 g/mol. The summed E-state index contributed by atoms with van der Waals surface area (Å²) in [7, 11) is 1.59. The van der Waals surface area contributed by atoms with Gasteiger partial charge < -0.3 is 20.7 Å². The first-order valence-corrected chi connectivity index (χ1v) is 9.55. The second kappa shape index (κ2) is 8.54. The smallest absolute Gasteiger partial charge is 0.227 e. The molecule has 1 aromatic carbocycles. The highest BCUT2D eigenvalue weighted by molar-refractivity contribution is 5.94. The monoisotopic (exact) mass is 359 g/mol. The van der Waals surface area contributed by atoms with E-state index in [-0.39, 0.29) is 23.8 Å². The summed E-state index contributed by atoms with van der Waals surface area (Å²) < 4.78 is 5.28. The Balaban J connectivity index is 1.48. The fourth-order valence-electron chi connectivity index (χ4n) is 4.05. The quantitative estimate of drug-likeness (QED) is 0.845. The highest BCUT2D eigenvalue weighted by Crippen LogP contribution is 2.29. The maximum Gasteiger partial charge on any atom is 0.227 e. The molecule has 0 aromatic heterocycles. The molecule has 6 nitrogen and oxygen atoms in total. The van der Waals surface area contributed by atoms with Gasteiger partial charge in [0.2, 0.25) is 11.8 Å². The van der Waals surface area contributed by atoms with E-state index < -0.39 is 0 Å². The third kappa shape index (κ3) is 4.36. The van der Waals surface area contributed by atoms with Crippen molar-refractivity contribution >= 4 is 17.5 Å². The Morgan fingerprint density at radius 2 is 1.92 bits per heavy atom. The Hall–Kier alpha value is -2.08. The van der Waals surface area contributed by atoms with Crippen molar-refractivity contribution in [3.8, 4) is 5.75 Å². The highest BCUT2D eigenvalue weighted by atomic mass is 16.5. The van der Waals surface area contributed by atoms with Crippen LogP contribution < -0.4 is 15.8 Å². The van der Waals surface area contributed by atoms with Crippen LogP contribution in [0.1, 0.15) is 38.5 Å². The first-order valence-electron chi connectivity index (χ1n) is 9.55. The molecule has 1 aliphatic carbocycles. The van der Waals surface area contributed by atoms with Crippen molar-refractivity contribution in [2.45, 2.75) is 44.6 Å². The zero-order valence-electron chi connectivity index (χ0n) is 15.4. The van der Waals surface area contributed by atoms with Gasteiger partial charge in [-0.3, -0.25) is 9.59 Å². The van der Waals surface area contributed by atoms with Crippen LogP contribution in [0, 0.1) is 11.8 Å². The molecule has 3 N–H and O–H groups in total. The molecule has 1 saturated carbocycles. The van der Waals surface area contributed by atoms with Crippen LogP contribution >= 0.6 is 0 Å². The summed E-state index contributed by atoms with van der Waals surface area (Å²) in [4.78, 5) is 27.0. The topological polar surface area (TPSA) is 84.7 Å². The van der Waals surface area contributed by atoms with Crippen molar-refractivity contribution in [2.75, 3.05) is 25.5 Å². The van der Waals surface area contributed by atoms with Gasteiger partial charge in [-0.2, -0.15) is 0 Å². The number of likely N-dealkylation sites (tertiary alicyclic amines) is 1. The lowest BCUT2D eigenvalue weighted by molar-refractivity contribution is -0.135. The molecule has 1 heterocycles. The molecule has 0 spiro atoms. The van der Waals surface area contributed by atoms with E-state index in [0.717, 1.165) is 19.3 Å². The molecule has 2 aliphatic rings. The van der Waals surface area contributed by atoms with E-state index in [9.17, 15) is 9.59 Å². The molecule has 0 unspecified atom stereocenters. The lowest BCUT2D eigenvalue weighted by Gasteiger charge is -2.32. The average Bonchev–Trinajstić information content (AvgIpc) is 3.07. The number of amides is 2. The summed E-state index contributed by atoms with van der Waals surface area (Å²) in [5, 5.41) is 2.96. The van der Waals surface area contributed by atoms with Gasteiger partial charge in [-0.1, -0.05) is 18.6 Å². The fourth-order valence-corrected chi connectivity index (χ4v) is 4.05. The van der Waals surface area contributed by atoms with E-state index in [1.165, 1.54) is 0 Å². The molecule has 1 saturated heterocycles. The van der Waals surface area contributed by atoms with Gasteiger partial charge in [-0.15, -0.1) is 0 Å². The number of carbonyl (C=O) groups excluding carboxylic acids is 2. The van der Waals surface area contributed by atoms with Crippen molar-refractivity contribution in [1.82, 2.24) is 4.90 Å². The zero-order chi connectivity index (χ0) is 18.5. The molecule has 3 rings (SSSR count). The third-order valence-electron chi connectivity index (χ3n) is 5.74. The van der Waals surface area contributed by atoms with Crippen LogP contribution in [0.4, 0.5) is 5.69 Å². The van der Waals surface area contributed by atoms with Crippen LogP contribution in [-0.4, -0.2) is 43.0 Å². The standard InChI is InChI=1S/C20H29N3O3/c1-26-18-8-3-2-7-17(18)22-20(25)14-9-11-23(12-10-14)19(24)13-15-5-4-6-16(15)21/h2-3,7-8,14-16H,4-6,9-13,21H2,1H3,(H,22,25)/t15-,16+/m0/s1. The Morgan fingerprint density at radius 3 is 2.58 bits per heavy atom. The zero-order valence-corrected chi connectivity index (χ0v) is 15.4. The molecule has 26 heavy (non-hydrogen) atoms. The molecular weight excluding hydrogens is 330 g/mol.